The molecular weight excluding hydrogens is 248 g/mol. The first-order valence-electron chi connectivity index (χ1n) is 7.82. The lowest BCUT2D eigenvalue weighted by Crippen LogP contribution is -2.52. The molecule has 1 aromatic heterocycles. The summed E-state index contributed by atoms with van der Waals surface area (Å²) in [7, 11) is 2.28. The average Bonchev–Trinajstić information content (AvgIpc) is 2.47. The van der Waals surface area contributed by atoms with Gasteiger partial charge in [0.25, 0.3) is 0 Å². The topological polar surface area (TPSA) is 45.4 Å². The molecule has 20 heavy (non-hydrogen) atoms. The number of pyridine rings is 1. The summed E-state index contributed by atoms with van der Waals surface area (Å²) in [6.45, 7) is 5.57. The van der Waals surface area contributed by atoms with E-state index in [0.29, 0.717) is 0 Å². The zero-order valence-electron chi connectivity index (χ0n) is 12.6. The third-order valence-electron chi connectivity index (χ3n) is 4.95. The maximum atomic E-state index is 5.86. The van der Waals surface area contributed by atoms with Crippen molar-refractivity contribution >= 4 is 5.69 Å². The number of hydrogen-bond acceptors (Lipinski definition) is 4. The largest absolute Gasteiger partial charge is 0.370 e. The van der Waals surface area contributed by atoms with Crippen LogP contribution in [-0.4, -0.2) is 42.6 Å². The molecule has 0 saturated carbocycles. The van der Waals surface area contributed by atoms with Crippen molar-refractivity contribution < 1.29 is 0 Å². The van der Waals surface area contributed by atoms with E-state index in [1.165, 1.54) is 38.0 Å². The highest BCUT2D eigenvalue weighted by molar-refractivity contribution is 5.45. The number of aromatic nitrogens is 1. The van der Waals surface area contributed by atoms with E-state index < -0.39 is 0 Å². The van der Waals surface area contributed by atoms with Gasteiger partial charge in [0.05, 0.1) is 17.6 Å². The molecule has 3 heterocycles. The maximum absolute atomic E-state index is 5.86. The third kappa shape index (κ3) is 2.67. The number of nitrogens with zero attached hydrogens (tertiary/aromatic N) is 3. The summed E-state index contributed by atoms with van der Waals surface area (Å²) in [6.07, 6.45) is 5.98. The van der Waals surface area contributed by atoms with Gasteiger partial charge in [-0.1, -0.05) is 0 Å². The van der Waals surface area contributed by atoms with Crippen LogP contribution in [0.25, 0.3) is 0 Å². The quantitative estimate of drug-likeness (QED) is 0.896. The van der Waals surface area contributed by atoms with Crippen molar-refractivity contribution in [2.24, 2.45) is 11.7 Å². The number of anilines is 1. The summed E-state index contributed by atoms with van der Waals surface area (Å²) in [5.41, 5.74) is 8.09. The minimum absolute atomic E-state index is 0.0155. The Bertz CT molecular complexity index is 442. The summed E-state index contributed by atoms with van der Waals surface area (Å²) >= 11 is 0. The van der Waals surface area contributed by atoms with Gasteiger partial charge in [-0.05, 0) is 57.8 Å². The van der Waals surface area contributed by atoms with Gasteiger partial charge in [-0.2, -0.15) is 0 Å². The number of piperidine rings is 2. The second-order valence-electron chi connectivity index (χ2n) is 6.41. The van der Waals surface area contributed by atoms with E-state index in [2.05, 4.69) is 34.0 Å². The Morgan fingerprint density at radius 3 is 2.85 bits per heavy atom. The molecule has 0 bridgehead atoms. The van der Waals surface area contributed by atoms with Crippen LogP contribution in [0.15, 0.2) is 18.3 Å². The van der Waals surface area contributed by atoms with Crippen molar-refractivity contribution in [3.63, 3.8) is 0 Å². The lowest BCUT2D eigenvalue weighted by Gasteiger charge is -2.46. The van der Waals surface area contributed by atoms with E-state index in [0.717, 1.165) is 24.2 Å². The Morgan fingerprint density at radius 2 is 2.15 bits per heavy atom. The average molecular weight is 274 g/mol. The zero-order valence-corrected chi connectivity index (χ0v) is 12.6. The Morgan fingerprint density at radius 1 is 1.30 bits per heavy atom. The molecule has 0 amide bonds. The lowest BCUT2D eigenvalue weighted by molar-refractivity contribution is 0.102. The van der Waals surface area contributed by atoms with E-state index in [1.807, 2.05) is 13.1 Å². The number of likely N-dealkylation sites (tertiary alicyclic amines) is 1. The standard InChI is InChI=1S/C16H26N4/c1-12(17)15-6-5-14(10-18-15)20-9-7-16-13(11-20)4-3-8-19(16)2/h5-6,10,12-13,16H,3-4,7-9,11,17H2,1-2H3/t12-,13?,16?/m0/s1. The summed E-state index contributed by atoms with van der Waals surface area (Å²) in [6, 6.07) is 5.05. The highest BCUT2D eigenvalue weighted by atomic mass is 15.2. The van der Waals surface area contributed by atoms with Crippen LogP contribution in [0.5, 0.6) is 0 Å². The lowest BCUT2D eigenvalue weighted by atomic mass is 9.84. The van der Waals surface area contributed by atoms with Crippen molar-refractivity contribution in [2.75, 3.05) is 31.6 Å². The van der Waals surface area contributed by atoms with Crippen molar-refractivity contribution in [3.05, 3.63) is 24.0 Å². The summed E-state index contributed by atoms with van der Waals surface area (Å²) in [5.74, 6) is 0.815. The summed E-state index contributed by atoms with van der Waals surface area (Å²) < 4.78 is 0. The van der Waals surface area contributed by atoms with Crippen LogP contribution >= 0.6 is 0 Å². The van der Waals surface area contributed by atoms with Gasteiger partial charge in [-0.3, -0.25) is 4.98 Å². The molecular formula is C16H26N4. The minimum atomic E-state index is 0.0155. The normalized spacial score (nSPS) is 29.1. The molecule has 4 nitrogen and oxygen atoms in total. The van der Waals surface area contributed by atoms with E-state index in [1.54, 1.807) is 0 Å². The molecule has 0 aromatic carbocycles. The van der Waals surface area contributed by atoms with Gasteiger partial charge in [0.15, 0.2) is 0 Å². The molecule has 2 aliphatic heterocycles. The molecule has 2 saturated heterocycles. The first kappa shape index (κ1) is 13.8. The monoisotopic (exact) mass is 274 g/mol. The van der Waals surface area contributed by atoms with Gasteiger partial charge in [-0.25, -0.2) is 0 Å². The van der Waals surface area contributed by atoms with Crippen LogP contribution in [0.4, 0.5) is 5.69 Å². The molecule has 1 aromatic rings. The molecule has 2 aliphatic rings. The predicted octanol–water partition coefficient (Wildman–Crippen LogP) is 2.02. The van der Waals surface area contributed by atoms with Crippen molar-refractivity contribution in [1.29, 1.82) is 0 Å². The van der Waals surface area contributed by atoms with E-state index in [-0.39, 0.29) is 6.04 Å². The van der Waals surface area contributed by atoms with Gasteiger partial charge >= 0.3 is 0 Å². The third-order valence-corrected chi connectivity index (χ3v) is 4.95. The Labute approximate surface area is 122 Å². The molecule has 3 rings (SSSR count). The van der Waals surface area contributed by atoms with Crippen molar-refractivity contribution in [3.8, 4) is 0 Å². The van der Waals surface area contributed by atoms with Crippen LogP contribution in [0.1, 0.15) is 37.9 Å². The van der Waals surface area contributed by atoms with Crippen molar-refractivity contribution in [2.45, 2.75) is 38.3 Å². The fraction of sp³-hybridized carbons (Fsp3) is 0.688. The highest BCUT2D eigenvalue weighted by Crippen LogP contribution is 2.31. The van der Waals surface area contributed by atoms with Crippen molar-refractivity contribution in [1.82, 2.24) is 9.88 Å². The van der Waals surface area contributed by atoms with Crippen LogP contribution in [0.2, 0.25) is 0 Å². The molecule has 2 fully saturated rings. The SMILES string of the molecule is C[C@H](N)c1ccc(N2CCC3C(CCCN3C)C2)cn1. The van der Waals surface area contributed by atoms with Crippen LogP contribution in [0.3, 0.4) is 0 Å². The number of rotatable bonds is 2. The molecule has 4 heteroatoms. The summed E-state index contributed by atoms with van der Waals surface area (Å²) in [4.78, 5) is 9.55. The minimum Gasteiger partial charge on any atom is -0.370 e. The van der Waals surface area contributed by atoms with Gasteiger partial charge in [0, 0.05) is 25.2 Å². The molecule has 0 aliphatic carbocycles. The summed E-state index contributed by atoms with van der Waals surface area (Å²) in [5, 5.41) is 0. The maximum Gasteiger partial charge on any atom is 0.0569 e. The van der Waals surface area contributed by atoms with Crippen LogP contribution < -0.4 is 10.6 Å². The fourth-order valence-corrected chi connectivity index (χ4v) is 3.74. The van der Waals surface area contributed by atoms with Crippen LogP contribution in [0, 0.1) is 5.92 Å². The Balaban J connectivity index is 1.69. The van der Waals surface area contributed by atoms with E-state index in [9.17, 15) is 0 Å². The number of fused-ring (bicyclic) bond motifs is 1. The first-order valence-corrected chi connectivity index (χ1v) is 7.82. The van der Waals surface area contributed by atoms with E-state index >= 15 is 0 Å². The van der Waals surface area contributed by atoms with E-state index in [4.69, 9.17) is 5.73 Å². The fourth-order valence-electron chi connectivity index (χ4n) is 3.74. The highest BCUT2D eigenvalue weighted by Gasteiger charge is 2.34. The van der Waals surface area contributed by atoms with Crippen LogP contribution in [-0.2, 0) is 0 Å². The first-order chi connectivity index (χ1) is 9.65. The molecule has 2 unspecified atom stereocenters. The van der Waals surface area contributed by atoms with Gasteiger partial charge in [-0.15, -0.1) is 0 Å². The Hall–Kier alpha value is -1.13. The second-order valence-corrected chi connectivity index (χ2v) is 6.41. The van der Waals surface area contributed by atoms with Gasteiger partial charge < -0.3 is 15.5 Å². The van der Waals surface area contributed by atoms with Gasteiger partial charge in [0.1, 0.15) is 0 Å². The second kappa shape index (κ2) is 5.70. The predicted molar refractivity (Wildman–Crippen MR) is 82.8 cm³/mol. The number of nitrogens with two attached hydrogens (primary N) is 1. The molecule has 0 spiro atoms. The number of hydrogen-bond donors (Lipinski definition) is 1. The Kier molecular flexibility index (Phi) is 3.94. The molecule has 2 N–H and O–H groups in total. The molecule has 110 valence electrons. The van der Waals surface area contributed by atoms with Gasteiger partial charge in [0.2, 0.25) is 0 Å². The smallest absolute Gasteiger partial charge is 0.0569 e. The molecule has 3 atom stereocenters. The molecule has 0 radical (unpaired) electrons. The zero-order chi connectivity index (χ0) is 14.1.